The summed E-state index contributed by atoms with van der Waals surface area (Å²) in [5, 5.41) is 4.06. The molecule has 1 aromatic heterocycles. The number of ether oxygens (including phenoxy) is 2. The van der Waals surface area contributed by atoms with Crippen LogP contribution in [0.3, 0.4) is 0 Å². The van der Waals surface area contributed by atoms with E-state index >= 15 is 0 Å². The molecule has 4 nitrogen and oxygen atoms in total. The summed E-state index contributed by atoms with van der Waals surface area (Å²) in [5.41, 5.74) is 1.99. The summed E-state index contributed by atoms with van der Waals surface area (Å²) in [6.45, 7) is 4.80. The first-order valence-corrected chi connectivity index (χ1v) is 7.18. The van der Waals surface area contributed by atoms with E-state index in [4.69, 9.17) is 25.5 Å². The smallest absolute Gasteiger partial charge is 0.162 e. The van der Waals surface area contributed by atoms with E-state index in [1.807, 2.05) is 19.1 Å². The second-order valence-corrected chi connectivity index (χ2v) is 5.06. The van der Waals surface area contributed by atoms with E-state index in [9.17, 15) is 0 Å². The number of furan rings is 1. The summed E-state index contributed by atoms with van der Waals surface area (Å²) in [5.74, 6) is 2.14. The van der Waals surface area contributed by atoms with Crippen molar-refractivity contribution < 1.29 is 13.9 Å². The van der Waals surface area contributed by atoms with Crippen LogP contribution in [0.2, 0.25) is 5.02 Å². The molecule has 0 bridgehead atoms. The monoisotopic (exact) mass is 309 g/mol. The number of halogens is 1. The summed E-state index contributed by atoms with van der Waals surface area (Å²) in [4.78, 5) is 0. The van der Waals surface area contributed by atoms with Crippen molar-refractivity contribution in [2.75, 3.05) is 20.8 Å². The van der Waals surface area contributed by atoms with Crippen molar-refractivity contribution in [2.24, 2.45) is 0 Å². The zero-order chi connectivity index (χ0) is 15.4. The van der Waals surface area contributed by atoms with Gasteiger partial charge in [-0.3, -0.25) is 0 Å². The second kappa shape index (κ2) is 6.87. The van der Waals surface area contributed by atoms with Gasteiger partial charge in [0.05, 0.1) is 26.5 Å². The first-order chi connectivity index (χ1) is 10.1. The molecule has 1 unspecified atom stereocenters. The predicted octanol–water partition coefficient (Wildman–Crippen LogP) is 3.96. The molecule has 0 saturated carbocycles. The number of hydrogen-bond donors (Lipinski definition) is 1. The van der Waals surface area contributed by atoms with Crippen LogP contribution in [-0.2, 0) is 0 Å². The second-order valence-electron chi connectivity index (χ2n) is 4.65. The van der Waals surface area contributed by atoms with Crippen molar-refractivity contribution in [3.8, 4) is 11.5 Å². The third-order valence-electron chi connectivity index (χ3n) is 3.43. The SMILES string of the molecule is CCNC(c1cc(OC)c(OC)cc1Cl)c1ccoc1C. The molecule has 1 N–H and O–H groups in total. The Kier molecular flexibility index (Phi) is 5.15. The maximum Gasteiger partial charge on any atom is 0.162 e. The lowest BCUT2D eigenvalue weighted by Crippen LogP contribution is -2.22. The topological polar surface area (TPSA) is 43.6 Å². The van der Waals surface area contributed by atoms with Crippen LogP contribution in [0.5, 0.6) is 11.5 Å². The van der Waals surface area contributed by atoms with E-state index in [1.165, 1.54) is 0 Å². The van der Waals surface area contributed by atoms with Crippen LogP contribution < -0.4 is 14.8 Å². The van der Waals surface area contributed by atoms with E-state index in [0.29, 0.717) is 16.5 Å². The molecule has 0 fully saturated rings. The summed E-state index contributed by atoms with van der Waals surface area (Å²) in [6, 6.07) is 5.58. The Morgan fingerprint density at radius 1 is 1.19 bits per heavy atom. The Bertz CT molecular complexity index is 610. The highest BCUT2D eigenvalue weighted by Crippen LogP contribution is 2.38. The molecule has 0 aliphatic carbocycles. The van der Waals surface area contributed by atoms with Gasteiger partial charge < -0.3 is 19.2 Å². The Balaban J connectivity index is 2.53. The van der Waals surface area contributed by atoms with Crippen molar-refractivity contribution >= 4 is 11.6 Å². The van der Waals surface area contributed by atoms with Gasteiger partial charge in [-0.1, -0.05) is 18.5 Å². The van der Waals surface area contributed by atoms with Gasteiger partial charge >= 0.3 is 0 Å². The third-order valence-corrected chi connectivity index (χ3v) is 3.76. The molecule has 0 aliphatic rings. The molecule has 114 valence electrons. The average Bonchev–Trinajstić information content (AvgIpc) is 2.90. The van der Waals surface area contributed by atoms with Gasteiger partial charge in [0, 0.05) is 16.7 Å². The highest BCUT2D eigenvalue weighted by molar-refractivity contribution is 6.31. The van der Waals surface area contributed by atoms with E-state index < -0.39 is 0 Å². The van der Waals surface area contributed by atoms with Crippen LogP contribution in [0, 0.1) is 6.92 Å². The van der Waals surface area contributed by atoms with Crippen molar-refractivity contribution in [3.05, 3.63) is 46.4 Å². The Morgan fingerprint density at radius 3 is 2.38 bits per heavy atom. The zero-order valence-electron chi connectivity index (χ0n) is 12.7. The largest absolute Gasteiger partial charge is 0.493 e. The lowest BCUT2D eigenvalue weighted by Gasteiger charge is -2.21. The fourth-order valence-electron chi connectivity index (χ4n) is 2.38. The minimum atomic E-state index is -0.0546. The summed E-state index contributed by atoms with van der Waals surface area (Å²) < 4.78 is 16.1. The maximum atomic E-state index is 6.43. The summed E-state index contributed by atoms with van der Waals surface area (Å²) in [7, 11) is 3.21. The van der Waals surface area contributed by atoms with Crippen molar-refractivity contribution in [1.29, 1.82) is 0 Å². The summed E-state index contributed by atoms with van der Waals surface area (Å²) in [6.07, 6.45) is 1.68. The highest BCUT2D eigenvalue weighted by Gasteiger charge is 2.22. The maximum absolute atomic E-state index is 6.43. The molecule has 21 heavy (non-hydrogen) atoms. The van der Waals surface area contributed by atoms with E-state index in [1.54, 1.807) is 26.5 Å². The van der Waals surface area contributed by atoms with Gasteiger partial charge in [0.15, 0.2) is 11.5 Å². The van der Waals surface area contributed by atoms with Crippen LogP contribution in [0.4, 0.5) is 0 Å². The lowest BCUT2D eigenvalue weighted by atomic mass is 9.98. The molecule has 1 heterocycles. The van der Waals surface area contributed by atoms with Gasteiger partial charge in [0.2, 0.25) is 0 Å². The molecule has 5 heteroatoms. The number of hydrogen-bond acceptors (Lipinski definition) is 4. The van der Waals surface area contributed by atoms with E-state index in [-0.39, 0.29) is 6.04 Å². The Morgan fingerprint density at radius 2 is 1.86 bits per heavy atom. The van der Waals surface area contributed by atoms with Crippen LogP contribution in [0.25, 0.3) is 0 Å². The minimum absolute atomic E-state index is 0.0546. The van der Waals surface area contributed by atoms with Crippen LogP contribution in [0.1, 0.15) is 29.9 Å². The molecule has 2 aromatic rings. The van der Waals surface area contributed by atoms with Crippen molar-refractivity contribution in [2.45, 2.75) is 19.9 Å². The zero-order valence-corrected chi connectivity index (χ0v) is 13.5. The van der Waals surface area contributed by atoms with Gasteiger partial charge in [-0.2, -0.15) is 0 Å². The van der Waals surface area contributed by atoms with Crippen LogP contribution in [0.15, 0.2) is 28.9 Å². The molecule has 0 aliphatic heterocycles. The summed E-state index contributed by atoms with van der Waals surface area (Å²) >= 11 is 6.43. The number of methoxy groups -OCH3 is 2. The number of nitrogens with one attached hydrogen (secondary N) is 1. The van der Waals surface area contributed by atoms with Crippen molar-refractivity contribution in [3.63, 3.8) is 0 Å². The number of benzene rings is 1. The highest BCUT2D eigenvalue weighted by atomic mass is 35.5. The molecule has 2 rings (SSSR count). The van der Waals surface area contributed by atoms with Crippen molar-refractivity contribution in [1.82, 2.24) is 5.32 Å². The molecule has 1 aromatic carbocycles. The predicted molar refractivity (Wildman–Crippen MR) is 83.5 cm³/mol. The standard InChI is InChI=1S/C16H20ClNO3/c1-5-18-16(11-6-7-21-10(11)2)12-8-14(19-3)15(20-4)9-13(12)17/h6-9,16,18H,5H2,1-4H3. The average molecular weight is 310 g/mol. The van der Waals surface area contributed by atoms with Gasteiger partial charge in [-0.25, -0.2) is 0 Å². The molecule has 0 saturated heterocycles. The van der Waals surface area contributed by atoms with Gasteiger partial charge in [-0.15, -0.1) is 0 Å². The fourth-order valence-corrected chi connectivity index (χ4v) is 2.64. The molecular weight excluding hydrogens is 290 g/mol. The van der Waals surface area contributed by atoms with E-state index in [2.05, 4.69) is 12.2 Å². The fraction of sp³-hybridized carbons (Fsp3) is 0.375. The van der Waals surface area contributed by atoms with Gasteiger partial charge in [0.1, 0.15) is 5.76 Å². The molecule has 0 spiro atoms. The Labute approximate surface area is 130 Å². The quantitative estimate of drug-likeness (QED) is 0.877. The molecule has 1 atom stereocenters. The minimum Gasteiger partial charge on any atom is -0.493 e. The first kappa shape index (κ1) is 15.7. The molecule has 0 radical (unpaired) electrons. The third kappa shape index (κ3) is 3.17. The lowest BCUT2D eigenvalue weighted by molar-refractivity contribution is 0.354. The van der Waals surface area contributed by atoms with Gasteiger partial charge in [-0.05, 0) is 31.2 Å². The first-order valence-electron chi connectivity index (χ1n) is 6.81. The Hall–Kier alpha value is -1.65. The number of rotatable bonds is 6. The molecule has 0 amide bonds. The van der Waals surface area contributed by atoms with Gasteiger partial charge in [0.25, 0.3) is 0 Å². The molecular formula is C16H20ClNO3. The van der Waals surface area contributed by atoms with Crippen LogP contribution in [-0.4, -0.2) is 20.8 Å². The van der Waals surface area contributed by atoms with E-state index in [0.717, 1.165) is 23.4 Å². The number of aryl methyl sites for hydroxylation is 1. The normalized spacial score (nSPS) is 12.2. The van der Waals surface area contributed by atoms with Crippen LogP contribution >= 0.6 is 11.6 Å².